The van der Waals surface area contributed by atoms with Gasteiger partial charge in [-0.3, -0.25) is 19.4 Å². The number of carbonyl (C=O) groups excluding carboxylic acids is 3. The maximum atomic E-state index is 13.3. The van der Waals surface area contributed by atoms with Crippen molar-refractivity contribution in [3.8, 4) is 5.75 Å². The Kier molecular flexibility index (Phi) is 12.0. The number of phenols is 1. The minimum atomic E-state index is -1.17. The van der Waals surface area contributed by atoms with Crippen LogP contribution in [0.4, 0.5) is 0 Å². The van der Waals surface area contributed by atoms with Crippen LogP contribution in [0, 0.1) is 5.92 Å². The molecule has 0 bridgehead atoms. The number of aromatic hydroxyl groups is 1. The lowest BCUT2D eigenvalue weighted by Gasteiger charge is -2.29. The highest BCUT2D eigenvalue weighted by Gasteiger charge is 2.38. The number of guanidine groups is 1. The maximum Gasteiger partial charge on any atom is 0.326 e. The van der Waals surface area contributed by atoms with E-state index in [9.17, 15) is 29.4 Å². The Hall–Kier alpha value is -3.87. The van der Waals surface area contributed by atoms with Crippen LogP contribution in [0.5, 0.6) is 5.75 Å². The molecule has 13 nitrogen and oxygen atoms in total. The van der Waals surface area contributed by atoms with Crippen LogP contribution in [-0.4, -0.2) is 82.0 Å². The van der Waals surface area contributed by atoms with Crippen molar-refractivity contribution in [1.29, 1.82) is 0 Å². The second-order valence-corrected chi connectivity index (χ2v) is 9.89. The summed E-state index contributed by atoms with van der Waals surface area (Å²) in [5.74, 6) is -3.05. The summed E-state index contributed by atoms with van der Waals surface area (Å²) in [5.41, 5.74) is 17.7. The molecule has 1 heterocycles. The van der Waals surface area contributed by atoms with Gasteiger partial charge >= 0.3 is 5.97 Å². The van der Waals surface area contributed by atoms with Crippen molar-refractivity contribution >= 4 is 29.7 Å². The molecule has 0 radical (unpaired) electrons. The van der Waals surface area contributed by atoms with Crippen molar-refractivity contribution < 1.29 is 29.4 Å². The predicted molar refractivity (Wildman–Crippen MR) is 145 cm³/mol. The first kappa shape index (κ1) is 31.3. The highest BCUT2D eigenvalue weighted by molar-refractivity contribution is 5.94. The fraction of sp³-hybridized carbons (Fsp3) is 0.577. The van der Waals surface area contributed by atoms with Crippen LogP contribution < -0.4 is 27.8 Å². The number of nitrogens with two attached hydrogens (primary N) is 3. The first-order valence-corrected chi connectivity index (χ1v) is 13.2. The largest absolute Gasteiger partial charge is 0.508 e. The van der Waals surface area contributed by atoms with Crippen LogP contribution >= 0.6 is 0 Å². The smallest absolute Gasteiger partial charge is 0.326 e. The normalized spacial score (nSPS) is 17.9. The molecule has 0 saturated carbocycles. The zero-order valence-electron chi connectivity index (χ0n) is 22.5. The number of carboxylic acid groups (broad SMARTS) is 1. The molecule has 1 saturated heterocycles. The van der Waals surface area contributed by atoms with Crippen LogP contribution in [-0.2, 0) is 25.6 Å². The number of aliphatic imine (C=N–C) groups is 1. The van der Waals surface area contributed by atoms with Gasteiger partial charge in [0.2, 0.25) is 17.7 Å². The number of aliphatic carboxylic acids is 1. The van der Waals surface area contributed by atoms with Crippen molar-refractivity contribution in [3.05, 3.63) is 29.8 Å². The second-order valence-electron chi connectivity index (χ2n) is 9.89. The van der Waals surface area contributed by atoms with Gasteiger partial charge in [0.15, 0.2) is 5.96 Å². The van der Waals surface area contributed by atoms with Gasteiger partial charge in [0.1, 0.15) is 23.9 Å². The molecule has 1 aromatic carbocycles. The van der Waals surface area contributed by atoms with Gasteiger partial charge in [-0.25, -0.2) is 4.79 Å². The summed E-state index contributed by atoms with van der Waals surface area (Å²) in [5, 5.41) is 24.3. The first-order chi connectivity index (χ1) is 18.4. The van der Waals surface area contributed by atoms with Gasteiger partial charge in [-0.2, -0.15) is 0 Å². The molecule has 3 amide bonds. The lowest BCUT2D eigenvalue weighted by atomic mass is 9.98. The molecule has 0 aromatic heterocycles. The molecule has 13 heteroatoms. The Morgan fingerprint density at radius 1 is 1.15 bits per heavy atom. The number of carbonyl (C=O) groups is 4. The molecule has 39 heavy (non-hydrogen) atoms. The molecule has 5 atom stereocenters. The van der Waals surface area contributed by atoms with E-state index in [1.165, 1.54) is 17.0 Å². The third-order valence-corrected chi connectivity index (χ3v) is 6.90. The van der Waals surface area contributed by atoms with Gasteiger partial charge in [0.25, 0.3) is 0 Å². The molecular formula is C26H41N7O6. The summed E-state index contributed by atoms with van der Waals surface area (Å²) in [7, 11) is 0. The van der Waals surface area contributed by atoms with Crippen molar-refractivity contribution in [1.82, 2.24) is 15.5 Å². The topological polar surface area (TPSA) is 226 Å². The van der Waals surface area contributed by atoms with E-state index >= 15 is 0 Å². The number of likely N-dealkylation sites (tertiary alicyclic amines) is 1. The molecule has 1 aliphatic rings. The fourth-order valence-electron chi connectivity index (χ4n) is 4.47. The Morgan fingerprint density at radius 2 is 1.82 bits per heavy atom. The number of phenolic OH excluding ortho intramolecular Hbond substituents is 1. The fourth-order valence-corrected chi connectivity index (χ4v) is 4.47. The zero-order chi connectivity index (χ0) is 29.1. The van der Waals surface area contributed by atoms with E-state index in [1.807, 2.05) is 6.92 Å². The van der Waals surface area contributed by atoms with Gasteiger partial charge in [-0.05, 0) is 55.7 Å². The van der Waals surface area contributed by atoms with Crippen LogP contribution in [0.3, 0.4) is 0 Å². The predicted octanol–water partition coefficient (Wildman–Crippen LogP) is -0.593. The highest BCUT2D eigenvalue weighted by Crippen LogP contribution is 2.20. The molecule has 216 valence electrons. The Bertz CT molecular complexity index is 1030. The standard InChI is InChI=1S/C26H41N7O6/c1-3-15(2)21(25(38)39)32-22(35)19(6-4-12-30-26(28)29)31-23(36)20-7-5-13-33(20)24(37)18(27)14-16-8-10-17(34)11-9-16/h8-11,15,18-21,34H,3-7,12-14,27H2,1-2H3,(H,31,36)(H,32,35)(H,38,39)(H4,28,29,30)/t15-,18-,19-,20-,21-/m0/s1. The lowest BCUT2D eigenvalue weighted by Crippen LogP contribution is -2.57. The van der Waals surface area contributed by atoms with Gasteiger partial charge < -0.3 is 42.9 Å². The number of carboxylic acids is 1. The van der Waals surface area contributed by atoms with Crippen molar-refractivity contribution in [2.45, 2.75) is 76.5 Å². The van der Waals surface area contributed by atoms with E-state index < -0.39 is 47.9 Å². The number of nitrogens with zero attached hydrogens (tertiary/aromatic N) is 2. The number of rotatable bonds is 14. The number of amides is 3. The molecule has 2 rings (SSSR count). The molecule has 0 unspecified atom stereocenters. The second kappa shape index (κ2) is 14.9. The molecule has 0 spiro atoms. The molecule has 0 aliphatic carbocycles. The number of hydrogen-bond donors (Lipinski definition) is 7. The lowest BCUT2D eigenvalue weighted by molar-refractivity contribution is -0.144. The van der Waals surface area contributed by atoms with Gasteiger partial charge in [0, 0.05) is 13.1 Å². The summed E-state index contributed by atoms with van der Waals surface area (Å²) >= 11 is 0. The van der Waals surface area contributed by atoms with E-state index in [0.29, 0.717) is 32.2 Å². The summed E-state index contributed by atoms with van der Waals surface area (Å²) in [4.78, 5) is 56.6. The Balaban J connectivity index is 2.12. The molecule has 1 aromatic rings. The molecule has 1 fully saturated rings. The molecule has 10 N–H and O–H groups in total. The van der Waals surface area contributed by atoms with Crippen LogP contribution in [0.2, 0.25) is 0 Å². The van der Waals surface area contributed by atoms with Gasteiger partial charge in [-0.15, -0.1) is 0 Å². The summed E-state index contributed by atoms with van der Waals surface area (Å²) in [6, 6.07) is 2.47. The average Bonchev–Trinajstić information content (AvgIpc) is 3.39. The van der Waals surface area contributed by atoms with E-state index in [1.54, 1.807) is 19.1 Å². The van der Waals surface area contributed by atoms with E-state index in [2.05, 4.69) is 15.6 Å². The Labute approximate surface area is 228 Å². The third kappa shape index (κ3) is 9.43. The van der Waals surface area contributed by atoms with E-state index in [0.717, 1.165) is 5.56 Å². The minimum absolute atomic E-state index is 0.102. The van der Waals surface area contributed by atoms with Crippen molar-refractivity contribution in [2.75, 3.05) is 13.1 Å². The maximum absolute atomic E-state index is 13.3. The quantitative estimate of drug-likeness (QED) is 0.0895. The summed E-state index contributed by atoms with van der Waals surface area (Å²) in [6.07, 6.45) is 2.25. The third-order valence-electron chi connectivity index (χ3n) is 6.90. The number of hydrogen-bond acceptors (Lipinski definition) is 7. The van der Waals surface area contributed by atoms with Gasteiger partial charge in [-0.1, -0.05) is 32.4 Å². The van der Waals surface area contributed by atoms with Crippen LogP contribution in [0.25, 0.3) is 0 Å². The van der Waals surface area contributed by atoms with Gasteiger partial charge in [0.05, 0.1) is 6.04 Å². The number of nitrogens with one attached hydrogen (secondary N) is 2. The molecular weight excluding hydrogens is 506 g/mol. The van der Waals surface area contributed by atoms with Crippen LogP contribution in [0.1, 0.15) is 51.5 Å². The summed E-state index contributed by atoms with van der Waals surface area (Å²) < 4.78 is 0. The highest BCUT2D eigenvalue weighted by atomic mass is 16.4. The summed E-state index contributed by atoms with van der Waals surface area (Å²) in [6.45, 7) is 4.10. The monoisotopic (exact) mass is 547 g/mol. The van der Waals surface area contributed by atoms with Crippen molar-refractivity contribution in [3.63, 3.8) is 0 Å². The molecule has 1 aliphatic heterocycles. The Morgan fingerprint density at radius 3 is 2.41 bits per heavy atom. The minimum Gasteiger partial charge on any atom is -0.508 e. The first-order valence-electron chi connectivity index (χ1n) is 13.2. The SMILES string of the molecule is CC[C@H](C)[C@H](NC(=O)[C@H](CCCN=C(N)N)NC(=O)[C@@H]1CCCN1C(=O)[C@@H](N)Cc1ccc(O)cc1)C(=O)O. The van der Waals surface area contributed by atoms with Crippen LogP contribution in [0.15, 0.2) is 29.3 Å². The zero-order valence-corrected chi connectivity index (χ0v) is 22.5. The average molecular weight is 548 g/mol. The van der Waals surface area contributed by atoms with Crippen molar-refractivity contribution in [2.24, 2.45) is 28.1 Å². The number of benzene rings is 1. The van der Waals surface area contributed by atoms with E-state index in [-0.39, 0.29) is 37.0 Å². The van der Waals surface area contributed by atoms with E-state index in [4.69, 9.17) is 17.2 Å².